The first-order chi connectivity index (χ1) is 9.85. The summed E-state index contributed by atoms with van der Waals surface area (Å²) in [5.41, 5.74) is 0.828. The summed E-state index contributed by atoms with van der Waals surface area (Å²) in [7, 11) is 0. The Balaban J connectivity index is 2.74. The van der Waals surface area contributed by atoms with E-state index in [1.807, 2.05) is 5.32 Å². The van der Waals surface area contributed by atoms with Gasteiger partial charge in [-0.25, -0.2) is 9.59 Å². The van der Waals surface area contributed by atoms with Crippen molar-refractivity contribution in [2.24, 2.45) is 0 Å². The van der Waals surface area contributed by atoms with Crippen LogP contribution in [0.2, 0.25) is 0 Å². The van der Waals surface area contributed by atoms with Crippen LogP contribution in [-0.4, -0.2) is 23.0 Å². The zero-order chi connectivity index (χ0) is 16.0. The Morgan fingerprint density at radius 1 is 1.19 bits per heavy atom. The van der Waals surface area contributed by atoms with Crippen molar-refractivity contribution < 1.29 is 19.5 Å². The molecule has 0 heterocycles. The van der Waals surface area contributed by atoms with E-state index in [0.717, 1.165) is 0 Å². The Labute approximate surface area is 121 Å². The second kappa shape index (κ2) is 6.91. The number of urea groups is 1. The van der Waals surface area contributed by atoms with Crippen molar-refractivity contribution in [2.75, 3.05) is 5.32 Å². The lowest BCUT2D eigenvalue weighted by Gasteiger charge is -2.08. The Morgan fingerprint density at radius 2 is 1.86 bits per heavy atom. The third-order valence-electron chi connectivity index (χ3n) is 2.74. The van der Waals surface area contributed by atoms with Gasteiger partial charge in [-0.05, 0) is 32.0 Å². The number of rotatable bonds is 3. The van der Waals surface area contributed by atoms with Crippen LogP contribution in [-0.2, 0) is 9.59 Å². The van der Waals surface area contributed by atoms with Crippen LogP contribution < -0.4 is 10.6 Å². The summed E-state index contributed by atoms with van der Waals surface area (Å²) >= 11 is 0. The summed E-state index contributed by atoms with van der Waals surface area (Å²) in [4.78, 5) is 34.1. The van der Waals surface area contributed by atoms with Crippen LogP contribution in [0.15, 0.2) is 35.4 Å². The van der Waals surface area contributed by atoms with Crippen LogP contribution in [0.25, 0.3) is 0 Å². The summed E-state index contributed by atoms with van der Waals surface area (Å²) in [6.45, 7) is 2.61. The van der Waals surface area contributed by atoms with Gasteiger partial charge in [0.05, 0.1) is 0 Å². The number of anilines is 1. The molecule has 108 valence electrons. The van der Waals surface area contributed by atoms with Crippen molar-refractivity contribution in [1.82, 2.24) is 5.32 Å². The fraction of sp³-hybridized carbons (Fsp3) is 0.133. The molecule has 3 N–H and O–H groups in total. The Bertz CT molecular complexity index is 668. The van der Waals surface area contributed by atoms with Crippen molar-refractivity contribution in [3.63, 3.8) is 0 Å². The molecule has 0 atom stereocenters. The monoisotopic (exact) mass is 286 g/mol. The van der Waals surface area contributed by atoms with Crippen molar-refractivity contribution in [3.8, 4) is 12.3 Å². The van der Waals surface area contributed by atoms with E-state index in [9.17, 15) is 14.4 Å². The van der Waals surface area contributed by atoms with Gasteiger partial charge in [-0.1, -0.05) is 12.0 Å². The number of carbonyl (C=O) groups excluding carboxylic acids is 2. The van der Waals surface area contributed by atoms with Gasteiger partial charge in [-0.15, -0.1) is 6.42 Å². The molecule has 0 saturated heterocycles. The molecule has 0 radical (unpaired) electrons. The molecular formula is C15H14N2O4. The average Bonchev–Trinajstić information content (AvgIpc) is 2.45. The van der Waals surface area contributed by atoms with Crippen LogP contribution in [0, 0.1) is 12.3 Å². The quantitative estimate of drug-likeness (QED) is 0.582. The molecule has 1 rings (SSSR count). The minimum Gasteiger partial charge on any atom is -0.478 e. The van der Waals surface area contributed by atoms with E-state index >= 15 is 0 Å². The molecule has 0 bridgehead atoms. The fourth-order valence-electron chi connectivity index (χ4n) is 1.38. The summed E-state index contributed by atoms with van der Waals surface area (Å²) in [6, 6.07) is 5.75. The van der Waals surface area contributed by atoms with Gasteiger partial charge < -0.3 is 10.4 Å². The molecule has 0 aliphatic heterocycles. The summed E-state index contributed by atoms with van der Waals surface area (Å²) in [6.07, 6.45) is 5.24. The lowest BCUT2D eigenvalue weighted by atomic mass is 10.1. The highest BCUT2D eigenvalue weighted by Gasteiger charge is 2.15. The first kappa shape index (κ1) is 16.0. The molecule has 1 aromatic rings. The van der Waals surface area contributed by atoms with Crippen LogP contribution in [0.1, 0.15) is 19.4 Å². The standard InChI is InChI=1S/C15H14N2O4/c1-4-11-6-5-7-12(8-11)16-15(21)17-13(18)9(2)10(3)14(19)20/h1,5-8H,2-3H3,(H,19,20)(H2,16,17,18,21). The smallest absolute Gasteiger partial charge is 0.331 e. The lowest BCUT2D eigenvalue weighted by molar-refractivity contribution is -0.133. The van der Waals surface area contributed by atoms with E-state index in [-0.39, 0.29) is 11.1 Å². The largest absolute Gasteiger partial charge is 0.478 e. The number of carbonyl (C=O) groups is 3. The molecule has 3 amide bonds. The predicted octanol–water partition coefficient (Wildman–Crippen LogP) is 1.74. The third kappa shape index (κ3) is 4.51. The Morgan fingerprint density at radius 3 is 2.43 bits per heavy atom. The number of aliphatic carboxylic acids is 1. The highest BCUT2D eigenvalue weighted by Crippen LogP contribution is 2.09. The molecule has 0 aromatic heterocycles. The van der Waals surface area contributed by atoms with Crippen molar-refractivity contribution in [1.29, 1.82) is 0 Å². The number of imide groups is 1. The van der Waals surface area contributed by atoms with Crippen LogP contribution in [0.5, 0.6) is 0 Å². The van der Waals surface area contributed by atoms with Gasteiger partial charge in [0.2, 0.25) is 0 Å². The second-order valence-corrected chi connectivity index (χ2v) is 4.19. The molecule has 6 nitrogen and oxygen atoms in total. The zero-order valence-electron chi connectivity index (χ0n) is 11.6. The predicted molar refractivity (Wildman–Crippen MR) is 77.5 cm³/mol. The van der Waals surface area contributed by atoms with Gasteiger partial charge in [-0.2, -0.15) is 0 Å². The van der Waals surface area contributed by atoms with Gasteiger partial charge >= 0.3 is 12.0 Å². The SMILES string of the molecule is C#Cc1cccc(NC(=O)NC(=O)C(C)=C(C)C(=O)O)c1. The summed E-state index contributed by atoms with van der Waals surface area (Å²) in [5.74, 6) is 0.421. The Hall–Kier alpha value is -3.07. The zero-order valence-corrected chi connectivity index (χ0v) is 11.6. The number of carboxylic acids is 1. The normalized spacial score (nSPS) is 10.9. The van der Waals surface area contributed by atoms with E-state index < -0.39 is 17.9 Å². The van der Waals surface area contributed by atoms with Gasteiger partial charge in [-0.3, -0.25) is 10.1 Å². The number of terminal acetylenes is 1. The molecule has 0 aliphatic carbocycles. The van der Waals surface area contributed by atoms with Crippen molar-refractivity contribution in [3.05, 3.63) is 41.0 Å². The number of hydrogen-bond donors (Lipinski definition) is 3. The summed E-state index contributed by atoms with van der Waals surface area (Å²) in [5, 5.41) is 13.2. The third-order valence-corrected chi connectivity index (χ3v) is 2.74. The Kier molecular flexibility index (Phi) is 5.26. The van der Waals surface area contributed by atoms with Gasteiger partial charge in [0, 0.05) is 22.4 Å². The molecule has 0 spiro atoms. The first-order valence-electron chi connectivity index (χ1n) is 5.95. The maximum atomic E-state index is 11.7. The van der Waals surface area contributed by atoms with Crippen LogP contribution >= 0.6 is 0 Å². The highest BCUT2D eigenvalue weighted by molar-refractivity contribution is 6.10. The van der Waals surface area contributed by atoms with Crippen LogP contribution in [0.3, 0.4) is 0 Å². The molecule has 21 heavy (non-hydrogen) atoms. The number of benzene rings is 1. The van der Waals surface area contributed by atoms with E-state index in [4.69, 9.17) is 11.5 Å². The number of nitrogens with one attached hydrogen (secondary N) is 2. The molecule has 6 heteroatoms. The lowest BCUT2D eigenvalue weighted by Crippen LogP contribution is -2.35. The molecule has 0 unspecified atom stereocenters. The maximum absolute atomic E-state index is 11.7. The highest BCUT2D eigenvalue weighted by atomic mass is 16.4. The minimum atomic E-state index is -1.22. The van der Waals surface area contributed by atoms with Gasteiger partial charge in [0.1, 0.15) is 0 Å². The van der Waals surface area contributed by atoms with Crippen LogP contribution in [0.4, 0.5) is 10.5 Å². The van der Waals surface area contributed by atoms with E-state index in [1.54, 1.807) is 24.3 Å². The van der Waals surface area contributed by atoms with E-state index in [0.29, 0.717) is 11.3 Å². The van der Waals surface area contributed by atoms with E-state index in [2.05, 4.69) is 11.2 Å². The van der Waals surface area contributed by atoms with Crippen molar-refractivity contribution >= 4 is 23.6 Å². The molecule has 1 aromatic carbocycles. The van der Waals surface area contributed by atoms with E-state index in [1.165, 1.54) is 13.8 Å². The molecule has 0 fully saturated rings. The average molecular weight is 286 g/mol. The van der Waals surface area contributed by atoms with Crippen molar-refractivity contribution in [2.45, 2.75) is 13.8 Å². The number of hydrogen-bond acceptors (Lipinski definition) is 3. The fourth-order valence-corrected chi connectivity index (χ4v) is 1.38. The first-order valence-corrected chi connectivity index (χ1v) is 5.95. The van der Waals surface area contributed by atoms with Gasteiger partial charge in [0.25, 0.3) is 5.91 Å². The van der Waals surface area contributed by atoms with Gasteiger partial charge in [0.15, 0.2) is 0 Å². The number of amides is 3. The summed E-state index contributed by atoms with van der Waals surface area (Å²) < 4.78 is 0. The molecular weight excluding hydrogens is 272 g/mol. The second-order valence-electron chi connectivity index (χ2n) is 4.19. The minimum absolute atomic E-state index is 0.0463. The topological polar surface area (TPSA) is 95.5 Å². The molecule has 0 aliphatic rings. The number of carboxylic acid groups (broad SMARTS) is 1. The molecule has 0 saturated carbocycles. The maximum Gasteiger partial charge on any atom is 0.331 e.